The Kier molecular flexibility index (Phi) is 6.12. The van der Waals surface area contributed by atoms with E-state index in [1.165, 1.54) is 17.8 Å². The third-order valence-corrected chi connectivity index (χ3v) is 7.33. The zero-order chi connectivity index (χ0) is 22.2. The number of amides is 1. The fourth-order valence-corrected chi connectivity index (χ4v) is 5.56. The fourth-order valence-electron chi connectivity index (χ4n) is 4.28. The van der Waals surface area contributed by atoms with Crippen LogP contribution in [-0.2, 0) is 40.8 Å². The molecule has 31 heavy (non-hydrogen) atoms. The first-order valence-electron chi connectivity index (χ1n) is 10.2. The second-order valence-corrected chi connectivity index (χ2v) is 9.08. The minimum atomic E-state index is -4.32. The Bertz CT molecular complexity index is 934. The SMILES string of the molecule is CNC(=O)C(O)Cn1cc(CN2CCC3(CC2)OCCc2cc(C(F)(F)F)sc23)cn1. The first-order chi connectivity index (χ1) is 14.7. The van der Waals surface area contributed by atoms with E-state index in [0.29, 0.717) is 45.5 Å². The molecule has 2 aromatic rings. The lowest BCUT2D eigenvalue weighted by Crippen LogP contribution is -2.45. The predicted molar refractivity (Wildman–Crippen MR) is 107 cm³/mol. The molecule has 0 aliphatic carbocycles. The van der Waals surface area contributed by atoms with Gasteiger partial charge in [-0.3, -0.25) is 14.4 Å². The molecule has 1 saturated heterocycles. The van der Waals surface area contributed by atoms with Gasteiger partial charge >= 0.3 is 6.18 Å². The van der Waals surface area contributed by atoms with Crippen LogP contribution in [0.4, 0.5) is 13.2 Å². The summed E-state index contributed by atoms with van der Waals surface area (Å²) in [5, 5.41) is 16.4. The smallest absolute Gasteiger partial charge is 0.381 e. The number of hydrogen-bond acceptors (Lipinski definition) is 6. The lowest BCUT2D eigenvalue weighted by molar-refractivity contribution is -0.134. The van der Waals surface area contributed by atoms with Gasteiger partial charge in [0.15, 0.2) is 6.10 Å². The molecule has 1 spiro atoms. The molecule has 1 amide bonds. The van der Waals surface area contributed by atoms with Crippen molar-refractivity contribution in [2.75, 3.05) is 26.7 Å². The zero-order valence-electron chi connectivity index (χ0n) is 17.1. The number of nitrogens with one attached hydrogen (secondary N) is 1. The first kappa shape index (κ1) is 22.3. The summed E-state index contributed by atoms with van der Waals surface area (Å²) in [6.07, 6.45) is -0.198. The molecular weight excluding hydrogens is 433 g/mol. The lowest BCUT2D eigenvalue weighted by Gasteiger charge is -2.43. The van der Waals surface area contributed by atoms with Crippen molar-refractivity contribution in [1.82, 2.24) is 20.0 Å². The maximum atomic E-state index is 13.2. The lowest BCUT2D eigenvalue weighted by atomic mass is 9.85. The Morgan fingerprint density at radius 3 is 2.84 bits per heavy atom. The van der Waals surface area contributed by atoms with Crippen molar-refractivity contribution in [3.8, 4) is 0 Å². The number of rotatable bonds is 5. The van der Waals surface area contributed by atoms with E-state index in [4.69, 9.17) is 4.74 Å². The molecule has 0 radical (unpaired) electrons. The first-order valence-corrected chi connectivity index (χ1v) is 11.0. The van der Waals surface area contributed by atoms with Crippen LogP contribution in [0.2, 0.25) is 0 Å². The minimum Gasteiger partial charge on any atom is -0.381 e. The maximum absolute atomic E-state index is 13.2. The number of halogens is 3. The molecule has 170 valence electrons. The van der Waals surface area contributed by atoms with Crippen molar-refractivity contribution in [3.63, 3.8) is 0 Å². The summed E-state index contributed by atoms with van der Waals surface area (Å²) in [4.78, 5) is 13.9. The van der Waals surface area contributed by atoms with Crippen LogP contribution < -0.4 is 5.32 Å². The van der Waals surface area contributed by atoms with E-state index in [0.717, 1.165) is 27.3 Å². The normalized spacial score (nSPS) is 19.9. The monoisotopic (exact) mass is 458 g/mol. The number of nitrogens with zero attached hydrogens (tertiary/aromatic N) is 3. The summed E-state index contributed by atoms with van der Waals surface area (Å²) in [7, 11) is 1.46. The van der Waals surface area contributed by atoms with Crippen LogP contribution >= 0.6 is 11.3 Å². The van der Waals surface area contributed by atoms with Crippen LogP contribution in [0.15, 0.2) is 18.5 Å². The third kappa shape index (κ3) is 4.64. The number of hydrogen-bond donors (Lipinski definition) is 2. The number of carbonyl (C=O) groups excluding carboxylic acids is 1. The van der Waals surface area contributed by atoms with Gasteiger partial charge < -0.3 is 15.2 Å². The van der Waals surface area contributed by atoms with E-state index in [2.05, 4.69) is 15.3 Å². The highest BCUT2D eigenvalue weighted by Crippen LogP contribution is 2.48. The summed E-state index contributed by atoms with van der Waals surface area (Å²) in [6, 6.07) is 1.29. The molecule has 2 aliphatic heterocycles. The quantitative estimate of drug-likeness (QED) is 0.718. The number of alkyl halides is 3. The van der Waals surface area contributed by atoms with Gasteiger partial charge in [-0.2, -0.15) is 18.3 Å². The molecule has 4 rings (SSSR count). The number of likely N-dealkylation sites (tertiary alicyclic amines) is 1. The molecule has 11 heteroatoms. The summed E-state index contributed by atoms with van der Waals surface area (Å²) in [5.41, 5.74) is 1.09. The van der Waals surface area contributed by atoms with E-state index in [1.807, 2.05) is 0 Å². The predicted octanol–water partition coefficient (Wildman–Crippen LogP) is 2.13. The van der Waals surface area contributed by atoms with E-state index < -0.39 is 28.7 Å². The maximum Gasteiger partial charge on any atom is 0.425 e. The van der Waals surface area contributed by atoms with Crippen molar-refractivity contribution in [3.05, 3.63) is 39.3 Å². The van der Waals surface area contributed by atoms with Gasteiger partial charge in [0.2, 0.25) is 0 Å². The Morgan fingerprint density at radius 2 is 2.16 bits per heavy atom. The van der Waals surface area contributed by atoms with Gasteiger partial charge in [-0.05, 0) is 30.9 Å². The largest absolute Gasteiger partial charge is 0.425 e. The Hall–Kier alpha value is -1.95. The molecule has 1 fully saturated rings. The van der Waals surface area contributed by atoms with E-state index in [-0.39, 0.29) is 6.54 Å². The summed E-state index contributed by atoms with van der Waals surface area (Å²) < 4.78 is 47.2. The topological polar surface area (TPSA) is 79.6 Å². The number of ether oxygens (including phenoxy) is 1. The Labute approximate surface area is 181 Å². The second-order valence-electron chi connectivity index (χ2n) is 8.03. The third-order valence-electron chi connectivity index (χ3n) is 5.92. The summed E-state index contributed by atoms with van der Waals surface area (Å²) in [6.45, 7) is 2.55. The second kappa shape index (κ2) is 8.53. The minimum absolute atomic E-state index is 0.0688. The van der Waals surface area contributed by atoms with E-state index in [9.17, 15) is 23.1 Å². The number of carbonyl (C=O) groups is 1. The number of aromatic nitrogens is 2. The van der Waals surface area contributed by atoms with E-state index >= 15 is 0 Å². The molecular formula is C20H25F3N4O3S. The van der Waals surface area contributed by atoms with Crippen molar-refractivity contribution >= 4 is 17.2 Å². The van der Waals surface area contributed by atoms with Crippen molar-refractivity contribution in [2.45, 2.75) is 50.2 Å². The number of fused-ring (bicyclic) bond motifs is 2. The van der Waals surface area contributed by atoms with Gasteiger partial charge in [0, 0.05) is 43.3 Å². The molecule has 0 bridgehead atoms. The molecule has 0 aromatic carbocycles. The molecule has 1 unspecified atom stereocenters. The average Bonchev–Trinajstić information content (AvgIpc) is 3.37. The average molecular weight is 459 g/mol. The zero-order valence-corrected chi connectivity index (χ0v) is 17.9. The van der Waals surface area contributed by atoms with Crippen molar-refractivity contribution in [2.24, 2.45) is 0 Å². The van der Waals surface area contributed by atoms with Crippen LogP contribution in [-0.4, -0.2) is 58.5 Å². The number of thiophene rings is 1. The van der Waals surface area contributed by atoms with Gasteiger partial charge in [0.25, 0.3) is 5.91 Å². The molecule has 2 aromatic heterocycles. The van der Waals surface area contributed by atoms with Crippen molar-refractivity contribution in [1.29, 1.82) is 0 Å². The van der Waals surface area contributed by atoms with Gasteiger partial charge in [-0.25, -0.2) is 0 Å². The highest BCUT2D eigenvalue weighted by molar-refractivity contribution is 7.12. The Morgan fingerprint density at radius 1 is 1.42 bits per heavy atom. The molecule has 2 aliphatic rings. The van der Waals surface area contributed by atoms with Gasteiger partial charge in [-0.15, -0.1) is 11.3 Å². The molecule has 0 saturated carbocycles. The Balaban J connectivity index is 1.38. The highest BCUT2D eigenvalue weighted by atomic mass is 32.1. The molecule has 7 nitrogen and oxygen atoms in total. The number of aliphatic hydroxyl groups is 1. The van der Waals surface area contributed by atoms with Gasteiger partial charge in [-0.1, -0.05) is 0 Å². The van der Waals surface area contributed by atoms with Gasteiger partial charge in [0.05, 0.1) is 19.3 Å². The molecule has 4 heterocycles. The highest BCUT2D eigenvalue weighted by Gasteiger charge is 2.45. The van der Waals surface area contributed by atoms with Crippen LogP contribution in [0.1, 0.15) is 33.7 Å². The summed E-state index contributed by atoms with van der Waals surface area (Å²) >= 11 is 0.828. The van der Waals surface area contributed by atoms with E-state index in [1.54, 1.807) is 12.4 Å². The summed E-state index contributed by atoms with van der Waals surface area (Å²) in [5.74, 6) is -0.465. The van der Waals surface area contributed by atoms with Crippen LogP contribution in [0.25, 0.3) is 0 Å². The number of aliphatic hydroxyl groups excluding tert-OH is 1. The molecule has 2 N–H and O–H groups in total. The number of likely N-dealkylation sites (N-methyl/N-ethyl adjacent to an activating group) is 1. The standard InChI is InChI=1S/C20H25F3N4O3S/c1-24-18(29)15(28)12-27-11-13(9-25-27)10-26-5-3-19(4-6-26)17-14(2-7-30-19)8-16(31-17)20(21,22)23/h8-9,11,15,28H,2-7,10,12H2,1H3,(H,24,29). The number of piperidine rings is 1. The van der Waals surface area contributed by atoms with Crippen molar-refractivity contribution < 1.29 is 27.8 Å². The van der Waals surface area contributed by atoms with Gasteiger partial charge in [0.1, 0.15) is 10.5 Å². The fraction of sp³-hybridized carbons (Fsp3) is 0.600. The van der Waals surface area contributed by atoms with Crippen LogP contribution in [0, 0.1) is 0 Å². The molecule has 1 atom stereocenters. The van der Waals surface area contributed by atoms with Crippen LogP contribution in [0.5, 0.6) is 0 Å². The van der Waals surface area contributed by atoms with Crippen LogP contribution in [0.3, 0.4) is 0 Å².